The normalized spacial score (nSPS) is 11.7. The molecule has 1 aromatic rings. The Balaban J connectivity index is 2.83. The Morgan fingerprint density at radius 1 is 1.43 bits per heavy atom. The predicted molar refractivity (Wildman–Crippen MR) is 42.9 cm³/mol. The van der Waals surface area contributed by atoms with Crippen molar-refractivity contribution in [2.24, 2.45) is 0 Å². The summed E-state index contributed by atoms with van der Waals surface area (Å²) in [4.78, 5) is 11.1. The van der Waals surface area contributed by atoms with Gasteiger partial charge in [0.1, 0.15) is 0 Å². The van der Waals surface area contributed by atoms with Gasteiger partial charge < -0.3 is 4.42 Å². The monoisotopic (exact) mass is 206 g/mol. The van der Waals surface area contributed by atoms with Crippen LogP contribution in [-0.2, 0) is 6.18 Å². The molecule has 0 aliphatic heterocycles. The summed E-state index contributed by atoms with van der Waals surface area (Å²) in [6, 6.07) is 1.82. The summed E-state index contributed by atoms with van der Waals surface area (Å²) >= 11 is 0. The Hall–Kier alpha value is -1.26. The molecule has 0 unspecified atom stereocenters. The van der Waals surface area contributed by atoms with Crippen molar-refractivity contribution in [1.82, 2.24) is 0 Å². The lowest BCUT2D eigenvalue weighted by Gasteiger charge is -2.00. The van der Waals surface area contributed by atoms with E-state index < -0.39 is 17.7 Å². The van der Waals surface area contributed by atoms with E-state index in [1.165, 1.54) is 0 Å². The van der Waals surface area contributed by atoms with Gasteiger partial charge >= 0.3 is 6.18 Å². The number of carbonyl (C=O) groups is 1. The molecule has 1 rings (SSSR count). The van der Waals surface area contributed by atoms with Gasteiger partial charge in [-0.3, -0.25) is 4.79 Å². The molecule has 1 heterocycles. The Kier molecular flexibility index (Phi) is 2.98. The van der Waals surface area contributed by atoms with Gasteiger partial charge in [-0.25, -0.2) is 0 Å². The molecule has 0 atom stereocenters. The van der Waals surface area contributed by atoms with Gasteiger partial charge in [-0.2, -0.15) is 13.2 Å². The van der Waals surface area contributed by atoms with Crippen molar-refractivity contribution < 1.29 is 22.4 Å². The zero-order chi connectivity index (χ0) is 10.8. The topological polar surface area (TPSA) is 30.2 Å². The quantitative estimate of drug-likeness (QED) is 0.710. The minimum atomic E-state index is -4.52. The van der Waals surface area contributed by atoms with Crippen LogP contribution in [0.25, 0.3) is 0 Å². The van der Waals surface area contributed by atoms with Gasteiger partial charge in [-0.1, -0.05) is 6.92 Å². The van der Waals surface area contributed by atoms with E-state index >= 15 is 0 Å². The van der Waals surface area contributed by atoms with Gasteiger partial charge in [0.05, 0.1) is 0 Å². The predicted octanol–water partition coefficient (Wildman–Crippen LogP) is 3.28. The minimum absolute atomic E-state index is 0.199. The molecule has 0 bridgehead atoms. The maximum absolute atomic E-state index is 12.0. The Bertz CT molecular complexity index is 325. The standard InChI is InChI=1S/C9H9F3O2/c1-2-3-6(13)7-4-5-8(14-7)9(10,11)12/h4-5H,2-3H2,1H3. The van der Waals surface area contributed by atoms with Crippen molar-refractivity contribution in [1.29, 1.82) is 0 Å². The summed E-state index contributed by atoms with van der Waals surface area (Å²) in [5.74, 6) is -1.75. The van der Waals surface area contributed by atoms with Gasteiger partial charge in [0.25, 0.3) is 0 Å². The van der Waals surface area contributed by atoms with E-state index in [1.807, 2.05) is 0 Å². The first-order chi connectivity index (χ1) is 6.45. The van der Waals surface area contributed by atoms with Crippen LogP contribution in [0.5, 0.6) is 0 Å². The molecule has 0 fully saturated rings. The number of halogens is 3. The largest absolute Gasteiger partial charge is 0.449 e. The average Bonchev–Trinajstić information content (AvgIpc) is 2.51. The molecule has 1 aromatic heterocycles. The molecular weight excluding hydrogens is 197 g/mol. The summed E-state index contributed by atoms with van der Waals surface area (Å²) in [5, 5.41) is 0. The maximum Gasteiger partial charge on any atom is 0.449 e. The summed E-state index contributed by atoms with van der Waals surface area (Å²) in [5.41, 5.74) is 0. The first-order valence-electron chi connectivity index (χ1n) is 4.15. The van der Waals surface area contributed by atoms with Gasteiger partial charge in [0.2, 0.25) is 5.76 Å². The molecule has 0 aliphatic carbocycles. The van der Waals surface area contributed by atoms with Crippen LogP contribution in [0.2, 0.25) is 0 Å². The Morgan fingerprint density at radius 2 is 2.07 bits per heavy atom. The lowest BCUT2D eigenvalue weighted by Crippen LogP contribution is -2.03. The van der Waals surface area contributed by atoms with E-state index in [0.29, 0.717) is 6.42 Å². The van der Waals surface area contributed by atoms with Gasteiger partial charge in [-0.05, 0) is 18.6 Å². The van der Waals surface area contributed by atoms with Gasteiger partial charge in [-0.15, -0.1) is 0 Å². The zero-order valence-electron chi connectivity index (χ0n) is 7.52. The number of carbonyl (C=O) groups excluding carboxylic acids is 1. The Morgan fingerprint density at radius 3 is 2.50 bits per heavy atom. The molecule has 5 heteroatoms. The molecule has 0 radical (unpaired) electrons. The Labute approximate surface area is 78.7 Å². The molecule has 0 aliphatic rings. The number of hydrogen-bond acceptors (Lipinski definition) is 2. The molecule has 0 N–H and O–H groups in total. The SMILES string of the molecule is CCCC(=O)c1ccc(C(F)(F)F)o1. The summed E-state index contributed by atoms with van der Waals surface area (Å²) < 4.78 is 40.5. The molecular formula is C9H9F3O2. The smallest absolute Gasteiger partial charge is 0.448 e. The zero-order valence-corrected chi connectivity index (χ0v) is 7.52. The van der Waals surface area contributed by atoms with Crippen molar-refractivity contribution in [3.8, 4) is 0 Å². The third-order valence-corrected chi connectivity index (χ3v) is 1.64. The van der Waals surface area contributed by atoms with E-state index in [0.717, 1.165) is 12.1 Å². The lowest BCUT2D eigenvalue weighted by atomic mass is 10.2. The maximum atomic E-state index is 12.0. The third kappa shape index (κ3) is 2.37. The summed E-state index contributed by atoms with van der Waals surface area (Å²) in [6.45, 7) is 1.77. The highest BCUT2D eigenvalue weighted by Gasteiger charge is 2.35. The average molecular weight is 206 g/mol. The fraction of sp³-hybridized carbons (Fsp3) is 0.444. The fourth-order valence-electron chi connectivity index (χ4n) is 0.990. The van der Waals surface area contributed by atoms with Crippen LogP contribution in [0.15, 0.2) is 16.5 Å². The number of rotatable bonds is 3. The third-order valence-electron chi connectivity index (χ3n) is 1.64. The van der Waals surface area contributed by atoms with E-state index in [4.69, 9.17) is 0 Å². The number of furan rings is 1. The van der Waals surface area contributed by atoms with E-state index in [2.05, 4.69) is 4.42 Å². The van der Waals surface area contributed by atoms with Crippen LogP contribution in [0, 0.1) is 0 Å². The second-order valence-electron chi connectivity index (χ2n) is 2.83. The molecule has 78 valence electrons. The van der Waals surface area contributed by atoms with Crippen molar-refractivity contribution >= 4 is 5.78 Å². The van der Waals surface area contributed by atoms with E-state index in [9.17, 15) is 18.0 Å². The highest BCUT2D eigenvalue weighted by atomic mass is 19.4. The second-order valence-corrected chi connectivity index (χ2v) is 2.83. The highest BCUT2D eigenvalue weighted by molar-refractivity contribution is 5.93. The summed E-state index contributed by atoms with van der Waals surface area (Å²) in [7, 11) is 0. The fourth-order valence-corrected chi connectivity index (χ4v) is 0.990. The number of Topliss-reactive ketones (excluding diaryl/α,β-unsaturated/α-hetero) is 1. The lowest BCUT2D eigenvalue weighted by molar-refractivity contribution is -0.153. The van der Waals surface area contributed by atoms with Crippen molar-refractivity contribution in [2.75, 3.05) is 0 Å². The van der Waals surface area contributed by atoms with Crippen LogP contribution < -0.4 is 0 Å². The molecule has 0 amide bonds. The first-order valence-corrected chi connectivity index (χ1v) is 4.15. The van der Waals surface area contributed by atoms with Crippen LogP contribution in [-0.4, -0.2) is 5.78 Å². The van der Waals surface area contributed by atoms with Crippen LogP contribution >= 0.6 is 0 Å². The van der Waals surface area contributed by atoms with Crippen LogP contribution in [0.1, 0.15) is 36.1 Å². The van der Waals surface area contributed by atoms with E-state index in [1.54, 1.807) is 6.92 Å². The van der Waals surface area contributed by atoms with Crippen molar-refractivity contribution in [3.05, 3.63) is 23.7 Å². The molecule has 0 aromatic carbocycles. The van der Waals surface area contributed by atoms with Crippen LogP contribution in [0.3, 0.4) is 0 Å². The van der Waals surface area contributed by atoms with Crippen molar-refractivity contribution in [2.45, 2.75) is 25.9 Å². The highest BCUT2D eigenvalue weighted by Crippen LogP contribution is 2.30. The number of hydrogen-bond donors (Lipinski definition) is 0. The molecule has 0 spiro atoms. The van der Waals surface area contributed by atoms with Crippen LogP contribution in [0.4, 0.5) is 13.2 Å². The molecule has 0 saturated carbocycles. The van der Waals surface area contributed by atoms with Gasteiger partial charge in [0.15, 0.2) is 11.5 Å². The molecule has 0 saturated heterocycles. The summed E-state index contributed by atoms with van der Waals surface area (Å²) in [6.07, 6.45) is -3.74. The van der Waals surface area contributed by atoms with Crippen molar-refractivity contribution in [3.63, 3.8) is 0 Å². The van der Waals surface area contributed by atoms with E-state index in [-0.39, 0.29) is 12.2 Å². The molecule has 14 heavy (non-hydrogen) atoms. The minimum Gasteiger partial charge on any atom is -0.448 e. The van der Waals surface area contributed by atoms with Gasteiger partial charge in [0, 0.05) is 6.42 Å². The first kappa shape index (κ1) is 10.8. The number of alkyl halides is 3. The second kappa shape index (κ2) is 3.86. The molecule has 2 nitrogen and oxygen atoms in total. The number of ketones is 1.